The number of para-hydroxylation sites is 1. The molecule has 2 amide bonds. The Labute approximate surface area is 145 Å². The summed E-state index contributed by atoms with van der Waals surface area (Å²) in [5, 5.41) is 3.60. The predicted octanol–water partition coefficient (Wildman–Crippen LogP) is 2.36. The van der Waals surface area contributed by atoms with E-state index >= 15 is 0 Å². The Morgan fingerprint density at radius 1 is 1.00 bits per heavy atom. The topological polar surface area (TPSA) is 62.3 Å². The van der Waals surface area contributed by atoms with E-state index in [1.165, 1.54) is 0 Å². The predicted molar refractivity (Wildman–Crippen MR) is 95.6 cm³/mol. The second-order valence-corrected chi connectivity index (χ2v) is 6.08. The minimum absolute atomic E-state index is 0.0561. The number of hydrogen-bond acceptors (Lipinski definition) is 3. The van der Waals surface area contributed by atoms with Gasteiger partial charge in [0, 0.05) is 17.5 Å². The Kier molecular flexibility index (Phi) is 3.90. The van der Waals surface area contributed by atoms with Crippen LogP contribution in [0.25, 0.3) is 22.2 Å². The van der Waals surface area contributed by atoms with E-state index < -0.39 is 0 Å². The largest absolute Gasteiger partial charge is 0.345 e. The number of nitrogens with zero attached hydrogens (tertiary/aromatic N) is 2. The fraction of sp³-hybridized carbons (Fsp3) is 0.150. The second kappa shape index (κ2) is 6.36. The standard InChI is InChI=1S/C20H17N3O2/c24-18-13-23(19(25)11-21-18)12-16-10-15-8-4-5-9-17(15)22-20(16)14-6-2-1-3-7-14/h1-10H,11-13H2,(H,21,24). The molecule has 0 spiro atoms. The molecular weight excluding hydrogens is 314 g/mol. The van der Waals surface area contributed by atoms with Crippen molar-refractivity contribution in [2.45, 2.75) is 6.54 Å². The molecule has 25 heavy (non-hydrogen) atoms. The van der Waals surface area contributed by atoms with Crippen molar-refractivity contribution in [2.75, 3.05) is 13.1 Å². The van der Waals surface area contributed by atoms with E-state index in [2.05, 4.69) is 11.4 Å². The monoisotopic (exact) mass is 331 g/mol. The molecule has 1 N–H and O–H groups in total. The van der Waals surface area contributed by atoms with Gasteiger partial charge in [0.15, 0.2) is 0 Å². The number of rotatable bonds is 3. The lowest BCUT2D eigenvalue weighted by Crippen LogP contribution is -2.51. The van der Waals surface area contributed by atoms with E-state index in [0.717, 1.165) is 27.7 Å². The van der Waals surface area contributed by atoms with Crippen LogP contribution in [0.15, 0.2) is 60.7 Å². The minimum atomic E-state index is -0.130. The molecule has 1 saturated heterocycles. The van der Waals surface area contributed by atoms with Gasteiger partial charge in [0.25, 0.3) is 0 Å². The summed E-state index contributed by atoms with van der Waals surface area (Å²) in [5.74, 6) is -0.207. The Morgan fingerprint density at radius 3 is 2.60 bits per heavy atom. The third kappa shape index (κ3) is 3.08. The number of nitrogens with one attached hydrogen (secondary N) is 1. The first kappa shape index (κ1) is 15.3. The fourth-order valence-electron chi connectivity index (χ4n) is 3.08. The van der Waals surface area contributed by atoms with Gasteiger partial charge in [-0.25, -0.2) is 4.98 Å². The van der Waals surface area contributed by atoms with Crippen LogP contribution in [0.2, 0.25) is 0 Å². The van der Waals surface area contributed by atoms with Gasteiger partial charge in [0.05, 0.1) is 24.3 Å². The van der Waals surface area contributed by atoms with Gasteiger partial charge in [-0.3, -0.25) is 9.59 Å². The maximum absolute atomic E-state index is 12.1. The summed E-state index contributed by atoms with van der Waals surface area (Å²) >= 11 is 0. The second-order valence-electron chi connectivity index (χ2n) is 6.08. The van der Waals surface area contributed by atoms with Crippen molar-refractivity contribution in [3.8, 4) is 11.3 Å². The van der Waals surface area contributed by atoms with Gasteiger partial charge < -0.3 is 10.2 Å². The Balaban J connectivity index is 1.80. The zero-order chi connectivity index (χ0) is 17.2. The lowest BCUT2D eigenvalue weighted by Gasteiger charge is -2.27. The van der Waals surface area contributed by atoms with Crippen molar-refractivity contribution in [2.24, 2.45) is 0 Å². The Morgan fingerprint density at radius 2 is 1.76 bits per heavy atom. The van der Waals surface area contributed by atoms with Gasteiger partial charge >= 0.3 is 0 Å². The summed E-state index contributed by atoms with van der Waals surface area (Å²) in [6.07, 6.45) is 0. The molecule has 5 heteroatoms. The molecule has 1 aliphatic rings. The number of benzene rings is 2. The summed E-state index contributed by atoms with van der Waals surface area (Å²) in [5.41, 5.74) is 3.69. The summed E-state index contributed by atoms with van der Waals surface area (Å²) in [7, 11) is 0. The first-order valence-corrected chi connectivity index (χ1v) is 8.19. The van der Waals surface area contributed by atoms with Crippen LogP contribution in [-0.2, 0) is 16.1 Å². The lowest BCUT2D eigenvalue weighted by molar-refractivity contribution is -0.141. The molecular formula is C20H17N3O2. The van der Waals surface area contributed by atoms with Crippen LogP contribution in [0.3, 0.4) is 0 Å². The highest BCUT2D eigenvalue weighted by atomic mass is 16.2. The molecule has 0 radical (unpaired) electrons. The summed E-state index contributed by atoms with van der Waals surface area (Å²) in [6, 6.07) is 19.9. The lowest BCUT2D eigenvalue weighted by atomic mass is 10.0. The number of hydrogen-bond donors (Lipinski definition) is 1. The third-order valence-corrected chi connectivity index (χ3v) is 4.34. The number of carbonyl (C=O) groups is 2. The molecule has 1 aromatic heterocycles. The van der Waals surface area contributed by atoms with Crippen LogP contribution in [0.5, 0.6) is 0 Å². The van der Waals surface area contributed by atoms with Crippen LogP contribution in [0.1, 0.15) is 5.56 Å². The first-order chi connectivity index (χ1) is 12.2. The maximum Gasteiger partial charge on any atom is 0.242 e. The molecule has 3 aromatic rings. The molecule has 0 saturated carbocycles. The smallest absolute Gasteiger partial charge is 0.242 e. The van der Waals surface area contributed by atoms with Gasteiger partial charge in [0.2, 0.25) is 11.8 Å². The molecule has 0 aliphatic carbocycles. The number of fused-ring (bicyclic) bond motifs is 1. The number of carbonyl (C=O) groups excluding carboxylic acids is 2. The van der Waals surface area contributed by atoms with Crippen molar-refractivity contribution in [3.63, 3.8) is 0 Å². The molecule has 0 bridgehead atoms. The average Bonchev–Trinajstić information content (AvgIpc) is 2.65. The normalized spacial score (nSPS) is 14.6. The number of amides is 2. The van der Waals surface area contributed by atoms with Gasteiger partial charge in [-0.15, -0.1) is 0 Å². The number of pyridine rings is 1. The van der Waals surface area contributed by atoms with Crippen molar-refractivity contribution in [1.82, 2.24) is 15.2 Å². The van der Waals surface area contributed by atoms with E-state index in [4.69, 9.17) is 4.98 Å². The van der Waals surface area contributed by atoms with Crippen molar-refractivity contribution < 1.29 is 9.59 Å². The van der Waals surface area contributed by atoms with Gasteiger partial charge in [0.1, 0.15) is 0 Å². The molecule has 4 rings (SSSR count). The maximum atomic E-state index is 12.1. The number of piperazine rings is 1. The van der Waals surface area contributed by atoms with Crippen molar-refractivity contribution >= 4 is 22.7 Å². The van der Waals surface area contributed by atoms with Crippen LogP contribution in [0, 0.1) is 0 Å². The highest BCUT2D eigenvalue weighted by Crippen LogP contribution is 2.27. The van der Waals surface area contributed by atoms with Crippen LogP contribution in [-0.4, -0.2) is 34.8 Å². The van der Waals surface area contributed by atoms with Crippen molar-refractivity contribution in [3.05, 3.63) is 66.2 Å². The first-order valence-electron chi connectivity index (χ1n) is 8.19. The molecule has 1 aliphatic heterocycles. The van der Waals surface area contributed by atoms with Gasteiger partial charge in [-0.1, -0.05) is 48.5 Å². The van der Waals surface area contributed by atoms with E-state index in [1.807, 2.05) is 54.6 Å². The van der Waals surface area contributed by atoms with Crippen LogP contribution >= 0.6 is 0 Å². The molecule has 124 valence electrons. The summed E-state index contributed by atoms with van der Waals surface area (Å²) in [4.78, 5) is 30.2. The van der Waals surface area contributed by atoms with E-state index in [1.54, 1.807) is 4.90 Å². The Bertz CT molecular complexity index is 954. The fourth-order valence-corrected chi connectivity index (χ4v) is 3.08. The summed E-state index contributed by atoms with van der Waals surface area (Å²) in [6.45, 7) is 0.509. The zero-order valence-corrected chi connectivity index (χ0v) is 13.6. The van der Waals surface area contributed by atoms with E-state index in [9.17, 15) is 9.59 Å². The molecule has 2 aromatic carbocycles. The minimum Gasteiger partial charge on any atom is -0.345 e. The molecule has 5 nitrogen and oxygen atoms in total. The van der Waals surface area contributed by atoms with Crippen LogP contribution < -0.4 is 5.32 Å². The van der Waals surface area contributed by atoms with Gasteiger partial charge in [-0.2, -0.15) is 0 Å². The molecule has 2 heterocycles. The van der Waals surface area contributed by atoms with Crippen LogP contribution in [0.4, 0.5) is 0 Å². The van der Waals surface area contributed by atoms with Crippen molar-refractivity contribution in [1.29, 1.82) is 0 Å². The highest BCUT2D eigenvalue weighted by molar-refractivity contribution is 5.92. The van der Waals surface area contributed by atoms with E-state index in [0.29, 0.717) is 6.54 Å². The Hall–Kier alpha value is -3.21. The zero-order valence-electron chi connectivity index (χ0n) is 13.6. The summed E-state index contributed by atoms with van der Waals surface area (Å²) < 4.78 is 0. The molecule has 1 fully saturated rings. The third-order valence-electron chi connectivity index (χ3n) is 4.34. The molecule has 0 atom stereocenters. The number of aromatic nitrogens is 1. The SMILES string of the molecule is O=C1CN(Cc2cc3ccccc3nc2-c2ccccc2)C(=O)CN1. The van der Waals surface area contributed by atoms with Gasteiger partial charge in [-0.05, 0) is 17.7 Å². The highest BCUT2D eigenvalue weighted by Gasteiger charge is 2.24. The quantitative estimate of drug-likeness (QED) is 0.801. The van der Waals surface area contributed by atoms with E-state index in [-0.39, 0.29) is 24.9 Å². The molecule has 0 unspecified atom stereocenters. The average molecular weight is 331 g/mol.